The number of nitrogens with one attached hydrogen (secondary N) is 1. The molecule has 1 aromatic carbocycles. The van der Waals surface area contributed by atoms with E-state index in [9.17, 15) is 9.59 Å². The Hall–Kier alpha value is -2.76. The Bertz CT molecular complexity index is 647. The van der Waals surface area contributed by atoms with Crippen LogP contribution in [-0.2, 0) is 11.3 Å². The summed E-state index contributed by atoms with van der Waals surface area (Å²) in [5, 5.41) is 2.87. The van der Waals surface area contributed by atoms with E-state index < -0.39 is 0 Å². The molecule has 0 aliphatic heterocycles. The summed E-state index contributed by atoms with van der Waals surface area (Å²) >= 11 is 0. The molecule has 0 saturated carbocycles. The maximum Gasteiger partial charge on any atom is 0.274 e. The monoisotopic (exact) mass is 326 g/mol. The number of amides is 2. The fourth-order valence-electron chi connectivity index (χ4n) is 2.28. The largest absolute Gasteiger partial charge is 0.352 e. The normalized spacial score (nSPS) is 10.2. The van der Waals surface area contributed by atoms with Gasteiger partial charge in [0.2, 0.25) is 5.91 Å². The molecule has 1 aromatic heterocycles. The van der Waals surface area contributed by atoms with Crippen molar-refractivity contribution in [1.82, 2.24) is 20.2 Å². The second kappa shape index (κ2) is 9.39. The molecule has 1 N–H and O–H groups in total. The maximum absolute atomic E-state index is 12.4. The highest BCUT2D eigenvalue weighted by Crippen LogP contribution is 2.03. The van der Waals surface area contributed by atoms with Crippen molar-refractivity contribution in [2.24, 2.45) is 0 Å². The van der Waals surface area contributed by atoms with Crippen molar-refractivity contribution in [2.75, 3.05) is 13.1 Å². The Morgan fingerprint density at radius 2 is 1.92 bits per heavy atom. The average Bonchev–Trinajstić information content (AvgIpc) is 2.64. The van der Waals surface area contributed by atoms with E-state index in [1.165, 1.54) is 18.6 Å². The van der Waals surface area contributed by atoms with Crippen molar-refractivity contribution in [3.63, 3.8) is 0 Å². The molecular weight excluding hydrogens is 304 g/mol. The molecule has 2 rings (SSSR count). The Labute approximate surface area is 141 Å². The number of rotatable bonds is 8. The minimum atomic E-state index is -0.194. The third-order valence-electron chi connectivity index (χ3n) is 3.50. The Morgan fingerprint density at radius 1 is 1.12 bits per heavy atom. The van der Waals surface area contributed by atoms with E-state index in [1.807, 2.05) is 37.3 Å². The zero-order valence-electron chi connectivity index (χ0n) is 13.8. The second-order valence-electron chi connectivity index (χ2n) is 5.40. The van der Waals surface area contributed by atoms with Gasteiger partial charge >= 0.3 is 0 Å². The standard InChI is InChI=1S/C18H22N4O2/c1-2-11-22(18(24)16-14-19-9-10-20-16)12-8-17(23)21-13-15-6-4-3-5-7-15/h3-7,9-10,14H,2,8,11-13H2,1H3,(H,21,23). The van der Waals surface area contributed by atoms with Gasteiger partial charge in [-0.05, 0) is 12.0 Å². The van der Waals surface area contributed by atoms with Crippen molar-refractivity contribution in [2.45, 2.75) is 26.3 Å². The van der Waals surface area contributed by atoms with E-state index in [0.29, 0.717) is 25.3 Å². The molecule has 0 spiro atoms. The van der Waals surface area contributed by atoms with Crippen LogP contribution in [0.1, 0.15) is 35.8 Å². The molecule has 0 aliphatic carbocycles. The van der Waals surface area contributed by atoms with Crippen LogP contribution in [-0.4, -0.2) is 39.8 Å². The molecule has 1 heterocycles. The average molecular weight is 326 g/mol. The van der Waals surface area contributed by atoms with Gasteiger partial charge in [-0.2, -0.15) is 0 Å². The summed E-state index contributed by atoms with van der Waals surface area (Å²) in [6, 6.07) is 9.72. The molecule has 0 unspecified atom stereocenters. The lowest BCUT2D eigenvalue weighted by molar-refractivity contribution is -0.121. The lowest BCUT2D eigenvalue weighted by Gasteiger charge is -2.21. The predicted molar refractivity (Wildman–Crippen MR) is 91.1 cm³/mol. The fraction of sp³-hybridized carbons (Fsp3) is 0.333. The molecule has 0 aliphatic rings. The van der Waals surface area contributed by atoms with Crippen molar-refractivity contribution < 1.29 is 9.59 Å². The van der Waals surface area contributed by atoms with Crippen LogP contribution in [0.4, 0.5) is 0 Å². The van der Waals surface area contributed by atoms with Gasteiger partial charge in [-0.15, -0.1) is 0 Å². The van der Waals surface area contributed by atoms with E-state index in [-0.39, 0.29) is 18.2 Å². The van der Waals surface area contributed by atoms with E-state index in [4.69, 9.17) is 0 Å². The number of hydrogen-bond acceptors (Lipinski definition) is 4. The fourth-order valence-corrected chi connectivity index (χ4v) is 2.28. The molecule has 0 bridgehead atoms. The molecule has 0 fully saturated rings. The second-order valence-corrected chi connectivity index (χ2v) is 5.40. The van der Waals surface area contributed by atoms with Gasteiger partial charge in [0.1, 0.15) is 5.69 Å². The molecule has 0 atom stereocenters. The van der Waals surface area contributed by atoms with Gasteiger partial charge in [-0.1, -0.05) is 37.3 Å². The number of aromatic nitrogens is 2. The topological polar surface area (TPSA) is 75.2 Å². The summed E-state index contributed by atoms with van der Waals surface area (Å²) in [5.41, 5.74) is 1.35. The van der Waals surface area contributed by atoms with Crippen LogP contribution in [0.5, 0.6) is 0 Å². The van der Waals surface area contributed by atoms with Crippen LogP contribution in [0.2, 0.25) is 0 Å². The van der Waals surface area contributed by atoms with Crippen LogP contribution in [0.15, 0.2) is 48.9 Å². The highest BCUT2D eigenvalue weighted by atomic mass is 16.2. The first-order valence-electron chi connectivity index (χ1n) is 8.06. The third-order valence-corrected chi connectivity index (χ3v) is 3.50. The zero-order chi connectivity index (χ0) is 17.2. The highest BCUT2D eigenvalue weighted by Gasteiger charge is 2.17. The van der Waals surface area contributed by atoms with Crippen LogP contribution in [0.3, 0.4) is 0 Å². The summed E-state index contributed by atoms with van der Waals surface area (Å²) in [5.74, 6) is -0.271. The van der Waals surface area contributed by atoms with E-state index in [0.717, 1.165) is 12.0 Å². The van der Waals surface area contributed by atoms with Gasteiger partial charge in [0, 0.05) is 38.4 Å². The molecule has 2 aromatic rings. The molecule has 0 radical (unpaired) electrons. The summed E-state index contributed by atoms with van der Waals surface area (Å²) in [7, 11) is 0. The Morgan fingerprint density at radius 3 is 2.58 bits per heavy atom. The number of carbonyl (C=O) groups excluding carboxylic acids is 2. The third kappa shape index (κ3) is 5.46. The number of hydrogen-bond donors (Lipinski definition) is 1. The molecule has 6 nitrogen and oxygen atoms in total. The SMILES string of the molecule is CCCN(CCC(=O)NCc1ccccc1)C(=O)c1cnccn1. The van der Waals surface area contributed by atoms with E-state index >= 15 is 0 Å². The molecule has 126 valence electrons. The maximum atomic E-state index is 12.4. The Balaban J connectivity index is 1.84. The predicted octanol–water partition coefficient (Wildman–Crippen LogP) is 2.04. The zero-order valence-corrected chi connectivity index (χ0v) is 13.8. The van der Waals surface area contributed by atoms with Gasteiger partial charge in [0.25, 0.3) is 5.91 Å². The molecular formula is C18H22N4O2. The summed E-state index contributed by atoms with van der Waals surface area (Å²) < 4.78 is 0. The van der Waals surface area contributed by atoms with Gasteiger partial charge < -0.3 is 10.2 Å². The van der Waals surface area contributed by atoms with Crippen molar-refractivity contribution in [1.29, 1.82) is 0 Å². The van der Waals surface area contributed by atoms with Crippen molar-refractivity contribution >= 4 is 11.8 Å². The molecule has 6 heteroatoms. The van der Waals surface area contributed by atoms with E-state index in [2.05, 4.69) is 15.3 Å². The van der Waals surface area contributed by atoms with Crippen LogP contribution in [0, 0.1) is 0 Å². The van der Waals surface area contributed by atoms with Gasteiger partial charge in [0.15, 0.2) is 0 Å². The van der Waals surface area contributed by atoms with E-state index in [1.54, 1.807) is 4.90 Å². The van der Waals surface area contributed by atoms with Crippen molar-refractivity contribution in [3.05, 3.63) is 60.2 Å². The first-order chi connectivity index (χ1) is 11.7. The van der Waals surface area contributed by atoms with Crippen LogP contribution >= 0.6 is 0 Å². The summed E-state index contributed by atoms with van der Waals surface area (Å²) in [6.07, 6.45) is 5.54. The van der Waals surface area contributed by atoms with Gasteiger partial charge in [-0.3, -0.25) is 14.6 Å². The molecule has 2 amide bonds. The summed E-state index contributed by atoms with van der Waals surface area (Å²) in [4.78, 5) is 34.0. The van der Waals surface area contributed by atoms with Crippen molar-refractivity contribution in [3.8, 4) is 0 Å². The smallest absolute Gasteiger partial charge is 0.274 e. The Kier molecular flexibility index (Phi) is 6.89. The molecule has 0 saturated heterocycles. The van der Waals surface area contributed by atoms with Crippen LogP contribution in [0.25, 0.3) is 0 Å². The number of carbonyl (C=O) groups is 2. The highest BCUT2D eigenvalue weighted by molar-refractivity contribution is 5.92. The van der Waals surface area contributed by atoms with Crippen LogP contribution < -0.4 is 5.32 Å². The lowest BCUT2D eigenvalue weighted by atomic mass is 10.2. The van der Waals surface area contributed by atoms with Gasteiger partial charge in [0.05, 0.1) is 6.20 Å². The number of nitrogens with zero attached hydrogens (tertiary/aromatic N) is 3. The molecule has 24 heavy (non-hydrogen) atoms. The lowest BCUT2D eigenvalue weighted by Crippen LogP contribution is -2.36. The first kappa shape index (κ1) is 17.6. The number of benzene rings is 1. The minimum Gasteiger partial charge on any atom is -0.352 e. The quantitative estimate of drug-likeness (QED) is 0.805. The summed E-state index contributed by atoms with van der Waals surface area (Å²) in [6.45, 7) is 3.43. The first-order valence-corrected chi connectivity index (χ1v) is 8.06. The minimum absolute atomic E-state index is 0.0769. The van der Waals surface area contributed by atoms with Gasteiger partial charge in [-0.25, -0.2) is 4.98 Å².